The summed E-state index contributed by atoms with van der Waals surface area (Å²) in [6.07, 6.45) is 8.47. The number of nitrogens with one attached hydrogen (secondary N) is 1. The SMILES string of the molecule is CCOc1cc(/C=C/C(=O)c2ccc(-n3ccnc3)cc2)ccc1OCC(=O)Nc1ccccc1OC. The van der Waals surface area contributed by atoms with Crippen molar-refractivity contribution in [1.29, 1.82) is 0 Å². The van der Waals surface area contributed by atoms with Gasteiger partial charge in [0, 0.05) is 23.6 Å². The number of para-hydroxylation sites is 2. The number of aromatic nitrogens is 2. The number of rotatable bonds is 11. The van der Waals surface area contributed by atoms with Crippen LogP contribution in [0.15, 0.2) is 91.5 Å². The summed E-state index contributed by atoms with van der Waals surface area (Å²) < 4.78 is 18.5. The topological polar surface area (TPSA) is 91.7 Å². The van der Waals surface area contributed by atoms with Gasteiger partial charge in [-0.05, 0) is 67.1 Å². The molecule has 0 radical (unpaired) electrons. The molecule has 0 aliphatic rings. The molecular weight excluding hydrogens is 470 g/mol. The number of anilines is 1. The Labute approximate surface area is 215 Å². The summed E-state index contributed by atoms with van der Waals surface area (Å²) in [7, 11) is 1.54. The molecule has 0 aliphatic heterocycles. The van der Waals surface area contributed by atoms with Gasteiger partial charge in [-0.2, -0.15) is 0 Å². The molecule has 4 aromatic rings. The molecule has 8 heteroatoms. The molecule has 1 heterocycles. The second kappa shape index (κ2) is 12.2. The van der Waals surface area contributed by atoms with E-state index in [4.69, 9.17) is 14.2 Å². The Morgan fingerprint density at radius 2 is 1.78 bits per heavy atom. The first kappa shape index (κ1) is 25.2. The maximum atomic E-state index is 12.7. The van der Waals surface area contributed by atoms with E-state index < -0.39 is 0 Å². The predicted molar refractivity (Wildman–Crippen MR) is 142 cm³/mol. The van der Waals surface area contributed by atoms with E-state index in [2.05, 4.69) is 10.3 Å². The Hall–Kier alpha value is -4.85. The van der Waals surface area contributed by atoms with Gasteiger partial charge in [-0.3, -0.25) is 9.59 Å². The minimum absolute atomic E-state index is 0.122. The fraction of sp³-hybridized carbons (Fsp3) is 0.138. The lowest BCUT2D eigenvalue weighted by atomic mass is 10.1. The van der Waals surface area contributed by atoms with Gasteiger partial charge in [0.1, 0.15) is 5.75 Å². The molecule has 0 saturated carbocycles. The third kappa shape index (κ3) is 6.64. The van der Waals surface area contributed by atoms with Crippen molar-refractivity contribution in [2.24, 2.45) is 0 Å². The number of hydrogen-bond donors (Lipinski definition) is 1. The van der Waals surface area contributed by atoms with Crippen molar-refractivity contribution >= 4 is 23.5 Å². The summed E-state index contributed by atoms with van der Waals surface area (Å²) in [6.45, 7) is 2.07. The van der Waals surface area contributed by atoms with Crippen molar-refractivity contribution in [3.05, 3.63) is 103 Å². The lowest BCUT2D eigenvalue weighted by Crippen LogP contribution is -2.20. The van der Waals surface area contributed by atoms with Crippen molar-refractivity contribution in [3.63, 3.8) is 0 Å². The highest BCUT2D eigenvalue weighted by Crippen LogP contribution is 2.29. The van der Waals surface area contributed by atoms with Gasteiger partial charge in [-0.25, -0.2) is 4.98 Å². The van der Waals surface area contributed by atoms with Crippen LogP contribution in [0.2, 0.25) is 0 Å². The fourth-order valence-electron chi connectivity index (χ4n) is 3.57. The highest BCUT2D eigenvalue weighted by atomic mass is 16.5. The number of carbonyl (C=O) groups excluding carboxylic acids is 2. The van der Waals surface area contributed by atoms with Gasteiger partial charge >= 0.3 is 0 Å². The predicted octanol–water partition coefficient (Wildman–Crippen LogP) is 5.19. The number of nitrogens with zero attached hydrogens (tertiary/aromatic N) is 2. The first-order valence-corrected chi connectivity index (χ1v) is 11.7. The van der Waals surface area contributed by atoms with Crippen LogP contribution in [0, 0.1) is 0 Å². The monoisotopic (exact) mass is 497 g/mol. The van der Waals surface area contributed by atoms with E-state index in [1.165, 1.54) is 13.2 Å². The van der Waals surface area contributed by atoms with Gasteiger partial charge in [-0.15, -0.1) is 0 Å². The zero-order valence-corrected chi connectivity index (χ0v) is 20.6. The minimum atomic E-state index is -0.333. The van der Waals surface area contributed by atoms with Crippen LogP contribution < -0.4 is 19.5 Å². The Balaban J connectivity index is 1.39. The van der Waals surface area contributed by atoms with Gasteiger partial charge in [-0.1, -0.05) is 24.3 Å². The van der Waals surface area contributed by atoms with Crippen molar-refractivity contribution in [3.8, 4) is 22.9 Å². The molecule has 0 spiro atoms. The quantitative estimate of drug-likeness (QED) is 0.226. The maximum Gasteiger partial charge on any atom is 0.262 e. The average Bonchev–Trinajstić information content (AvgIpc) is 3.47. The highest BCUT2D eigenvalue weighted by molar-refractivity contribution is 6.06. The standard InChI is InChI=1S/C29H27N3O5/c1-3-36-28-18-21(8-14-25(33)22-10-12-23(13-11-22)32-17-16-30-20-32)9-15-27(28)37-19-29(34)31-24-6-4-5-7-26(24)35-2/h4-18,20H,3,19H2,1-2H3,(H,31,34)/b14-8+. The van der Waals surface area contributed by atoms with Crippen molar-refractivity contribution in [1.82, 2.24) is 9.55 Å². The Bertz CT molecular complexity index is 1380. The Morgan fingerprint density at radius 3 is 2.51 bits per heavy atom. The van der Waals surface area contributed by atoms with Crippen LogP contribution in [0.3, 0.4) is 0 Å². The summed E-state index contributed by atoms with van der Waals surface area (Å²) in [5.41, 5.74) is 2.82. The summed E-state index contributed by atoms with van der Waals surface area (Å²) in [5, 5.41) is 2.77. The van der Waals surface area contributed by atoms with E-state index in [1.807, 2.05) is 35.9 Å². The summed E-state index contributed by atoms with van der Waals surface area (Å²) >= 11 is 0. The second-order valence-corrected chi connectivity index (χ2v) is 7.89. The number of ether oxygens (including phenoxy) is 3. The fourth-order valence-corrected chi connectivity index (χ4v) is 3.57. The molecular formula is C29H27N3O5. The largest absolute Gasteiger partial charge is 0.495 e. The number of imidazole rings is 1. The number of benzene rings is 3. The normalized spacial score (nSPS) is 10.8. The molecule has 0 unspecified atom stereocenters. The van der Waals surface area contributed by atoms with Crippen LogP contribution in [0.25, 0.3) is 11.8 Å². The van der Waals surface area contributed by atoms with Crippen LogP contribution in [-0.2, 0) is 4.79 Å². The number of allylic oxidation sites excluding steroid dienone is 1. The summed E-state index contributed by atoms with van der Waals surface area (Å²) in [6, 6.07) is 19.7. The number of carbonyl (C=O) groups is 2. The Kier molecular flexibility index (Phi) is 8.33. The average molecular weight is 498 g/mol. The molecule has 4 rings (SSSR count). The number of methoxy groups -OCH3 is 1. The molecule has 1 N–H and O–H groups in total. The first-order valence-electron chi connectivity index (χ1n) is 11.7. The second-order valence-electron chi connectivity index (χ2n) is 7.89. The lowest BCUT2D eigenvalue weighted by molar-refractivity contribution is -0.118. The van der Waals surface area contributed by atoms with Crippen LogP contribution >= 0.6 is 0 Å². The van der Waals surface area contributed by atoms with E-state index in [9.17, 15) is 9.59 Å². The minimum Gasteiger partial charge on any atom is -0.495 e. The first-order chi connectivity index (χ1) is 18.1. The van der Waals surface area contributed by atoms with Gasteiger partial charge < -0.3 is 24.1 Å². The molecule has 0 atom stereocenters. The van der Waals surface area contributed by atoms with E-state index >= 15 is 0 Å². The zero-order valence-electron chi connectivity index (χ0n) is 20.6. The van der Waals surface area contributed by atoms with Gasteiger partial charge in [0.25, 0.3) is 5.91 Å². The van der Waals surface area contributed by atoms with Crippen molar-refractivity contribution in [2.45, 2.75) is 6.92 Å². The number of amides is 1. The molecule has 37 heavy (non-hydrogen) atoms. The van der Waals surface area contributed by atoms with Crippen LogP contribution in [0.5, 0.6) is 17.2 Å². The molecule has 8 nitrogen and oxygen atoms in total. The van der Waals surface area contributed by atoms with E-state index in [0.29, 0.717) is 35.1 Å². The molecule has 0 fully saturated rings. The van der Waals surface area contributed by atoms with Crippen LogP contribution in [-0.4, -0.2) is 41.6 Å². The van der Waals surface area contributed by atoms with Crippen molar-refractivity contribution < 1.29 is 23.8 Å². The smallest absolute Gasteiger partial charge is 0.262 e. The molecule has 0 bridgehead atoms. The van der Waals surface area contributed by atoms with E-state index in [0.717, 1.165) is 11.3 Å². The number of ketones is 1. The maximum absolute atomic E-state index is 12.7. The molecule has 0 aliphatic carbocycles. The van der Waals surface area contributed by atoms with Gasteiger partial charge in [0.05, 0.1) is 25.7 Å². The van der Waals surface area contributed by atoms with Crippen LogP contribution in [0.1, 0.15) is 22.8 Å². The van der Waals surface area contributed by atoms with Gasteiger partial charge in [0.2, 0.25) is 0 Å². The third-order valence-corrected chi connectivity index (χ3v) is 5.39. The van der Waals surface area contributed by atoms with Gasteiger partial charge in [0.15, 0.2) is 23.9 Å². The highest BCUT2D eigenvalue weighted by Gasteiger charge is 2.11. The Morgan fingerprint density at radius 1 is 0.973 bits per heavy atom. The molecule has 1 amide bonds. The zero-order chi connectivity index (χ0) is 26.0. The lowest BCUT2D eigenvalue weighted by Gasteiger charge is -2.13. The molecule has 188 valence electrons. The molecule has 1 aromatic heterocycles. The van der Waals surface area contributed by atoms with Crippen molar-refractivity contribution in [2.75, 3.05) is 25.6 Å². The number of hydrogen-bond acceptors (Lipinski definition) is 6. The summed E-state index contributed by atoms with van der Waals surface area (Å²) in [4.78, 5) is 29.1. The van der Waals surface area contributed by atoms with E-state index in [-0.39, 0.29) is 18.3 Å². The van der Waals surface area contributed by atoms with Crippen LogP contribution in [0.4, 0.5) is 5.69 Å². The third-order valence-electron chi connectivity index (χ3n) is 5.39. The molecule has 3 aromatic carbocycles. The van der Waals surface area contributed by atoms with E-state index in [1.54, 1.807) is 67.1 Å². The molecule has 0 saturated heterocycles. The summed E-state index contributed by atoms with van der Waals surface area (Å²) in [5.74, 6) is 1.01.